The fourth-order valence-corrected chi connectivity index (χ4v) is 2.21. The Balaban J connectivity index is 1.94. The van der Waals surface area contributed by atoms with Gasteiger partial charge in [0.1, 0.15) is 11.2 Å². The lowest BCUT2D eigenvalue weighted by atomic mass is 9.98. The molecule has 0 radical (unpaired) electrons. The number of amides is 1. The molecule has 1 aromatic carbocycles. The fourth-order valence-electron chi connectivity index (χ4n) is 2.21. The molecule has 0 spiro atoms. The van der Waals surface area contributed by atoms with Crippen LogP contribution in [0.15, 0.2) is 24.3 Å². The van der Waals surface area contributed by atoms with Crippen molar-refractivity contribution in [1.82, 2.24) is 5.32 Å². The molecule has 0 bridgehead atoms. The molecule has 1 amide bonds. The van der Waals surface area contributed by atoms with E-state index >= 15 is 0 Å². The van der Waals surface area contributed by atoms with E-state index in [1.165, 1.54) is 12.1 Å². The van der Waals surface area contributed by atoms with Crippen molar-refractivity contribution < 1.29 is 19.5 Å². The molecule has 0 saturated heterocycles. The molecule has 1 aliphatic carbocycles. The molecule has 1 saturated carbocycles. The molecule has 20 heavy (non-hydrogen) atoms. The number of carbonyl (C=O) groups is 3. The quantitative estimate of drug-likeness (QED) is 0.775. The molecule has 0 aliphatic heterocycles. The number of carbonyl (C=O) groups excluding carboxylic acids is 2. The standard InChI is InChI=1S/C15H17NO4/c1-2-12(17)15(7-8-15)14(20)16-9-10-3-5-11(6-4-10)13(18)19/h3-6H,2,7-9H2,1H3,(H,16,20)(H,18,19). The first kappa shape index (κ1) is 14.2. The average molecular weight is 275 g/mol. The van der Waals surface area contributed by atoms with E-state index in [-0.39, 0.29) is 17.3 Å². The summed E-state index contributed by atoms with van der Waals surface area (Å²) in [6.45, 7) is 2.07. The summed E-state index contributed by atoms with van der Waals surface area (Å²) >= 11 is 0. The van der Waals surface area contributed by atoms with E-state index in [0.29, 0.717) is 25.8 Å². The zero-order valence-corrected chi connectivity index (χ0v) is 11.3. The number of carboxylic acids is 1. The number of benzene rings is 1. The van der Waals surface area contributed by atoms with Crippen molar-refractivity contribution in [2.75, 3.05) is 0 Å². The van der Waals surface area contributed by atoms with E-state index in [2.05, 4.69) is 5.32 Å². The first-order valence-electron chi connectivity index (χ1n) is 6.63. The third-order valence-corrected chi connectivity index (χ3v) is 3.69. The molecule has 0 aromatic heterocycles. The van der Waals surface area contributed by atoms with Crippen LogP contribution >= 0.6 is 0 Å². The van der Waals surface area contributed by atoms with Gasteiger partial charge in [0.05, 0.1) is 5.56 Å². The normalized spacial score (nSPS) is 15.4. The van der Waals surface area contributed by atoms with Crippen molar-refractivity contribution in [2.24, 2.45) is 5.41 Å². The number of hydrogen-bond acceptors (Lipinski definition) is 3. The molecular weight excluding hydrogens is 258 g/mol. The van der Waals surface area contributed by atoms with Crippen LogP contribution in [0.2, 0.25) is 0 Å². The van der Waals surface area contributed by atoms with Gasteiger partial charge in [0.15, 0.2) is 0 Å². The lowest BCUT2D eigenvalue weighted by Crippen LogP contribution is -2.36. The lowest BCUT2D eigenvalue weighted by molar-refractivity contribution is -0.135. The van der Waals surface area contributed by atoms with Gasteiger partial charge >= 0.3 is 5.97 Å². The smallest absolute Gasteiger partial charge is 0.335 e. The monoisotopic (exact) mass is 275 g/mol. The first-order chi connectivity index (χ1) is 9.49. The Hall–Kier alpha value is -2.17. The highest BCUT2D eigenvalue weighted by Gasteiger charge is 2.54. The summed E-state index contributed by atoms with van der Waals surface area (Å²) in [6.07, 6.45) is 1.63. The van der Waals surface area contributed by atoms with E-state index < -0.39 is 11.4 Å². The summed E-state index contributed by atoms with van der Waals surface area (Å²) < 4.78 is 0. The summed E-state index contributed by atoms with van der Waals surface area (Å²) in [5.74, 6) is -1.20. The van der Waals surface area contributed by atoms with E-state index in [0.717, 1.165) is 5.56 Å². The Labute approximate surface area is 117 Å². The minimum Gasteiger partial charge on any atom is -0.478 e. The first-order valence-corrected chi connectivity index (χ1v) is 6.63. The molecule has 1 fully saturated rings. The van der Waals surface area contributed by atoms with Gasteiger partial charge in [0.2, 0.25) is 5.91 Å². The van der Waals surface area contributed by atoms with Crippen LogP contribution < -0.4 is 5.32 Å². The molecule has 5 heteroatoms. The van der Waals surface area contributed by atoms with Gasteiger partial charge in [-0.2, -0.15) is 0 Å². The van der Waals surface area contributed by atoms with Crippen LogP contribution in [0.5, 0.6) is 0 Å². The Kier molecular flexibility index (Phi) is 3.88. The number of rotatable bonds is 6. The highest BCUT2D eigenvalue weighted by Crippen LogP contribution is 2.47. The van der Waals surface area contributed by atoms with Crippen LogP contribution in [0.1, 0.15) is 42.1 Å². The van der Waals surface area contributed by atoms with Gasteiger partial charge < -0.3 is 10.4 Å². The second-order valence-electron chi connectivity index (χ2n) is 5.04. The maximum atomic E-state index is 12.1. The van der Waals surface area contributed by atoms with Crippen LogP contribution in [0.25, 0.3) is 0 Å². The molecule has 106 valence electrons. The Bertz CT molecular complexity index is 543. The maximum Gasteiger partial charge on any atom is 0.335 e. The second kappa shape index (κ2) is 5.45. The van der Waals surface area contributed by atoms with Crippen LogP contribution in [-0.2, 0) is 16.1 Å². The van der Waals surface area contributed by atoms with Crippen LogP contribution in [-0.4, -0.2) is 22.8 Å². The van der Waals surface area contributed by atoms with Crippen molar-refractivity contribution in [3.05, 3.63) is 35.4 Å². The third-order valence-electron chi connectivity index (χ3n) is 3.69. The van der Waals surface area contributed by atoms with E-state index in [9.17, 15) is 14.4 Å². The van der Waals surface area contributed by atoms with Crippen LogP contribution in [0, 0.1) is 5.41 Å². The Morgan fingerprint density at radius 2 is 1.80 bits per heavy atom. The number of Topliss-reactive ketones (excluding diaryl/α,β-unsaturated/α-hetero) is 1. The van der Waals surface area contributed by atoms with Crippen molar-refractivity contribution >= 4 is 17.7 Å². The molecule has 2 rings (SSSR count). The molecular formula is C15H17NO4. The molecule has 0 heterocycles. The Morgan fingerprint density at radius 3 is 2.25 bits per heavy atom. The van der Waals surface area contributed by atoms with E-state index in [1.54, 1.807) is 19.1 Å². The summed E-state index contributed by atoms with van der Waals surface area (Å²) in [6, 6.07) is 6.30. The summed E-state index contributed by atoms with van der Waals surface area (Å²) in [5.41, 5.74) is 0.221. The number of carboxylic acid groups (broad SMARTS) is 1. The highest BCUT2D eigenvalue weighted by molar-refractivity contribution is 6.08. The van der Waals surface area contributed by atoms with Gasteiger partial charge in [-0.25, -0.2) is 4.79 Å². The maximum absolute atomic E-state index is 12.1. The topological polar surface area (TPSA) is 83.5 Å². The molecule has 1 aromatic rings. The van der Waals surface area contributed by atoms with Gasteiger partial charge in [-0.05, 0) is 30.5 Å². The molecule has 0 atom stereocenters. The van der Waals surface area contributed by atoms with Crippen molar-refractivity contribution in [3.63, 3.8) is 0 Å². The van der Waals surface area contributed by atoms with Crippen molar-refractivity contribution in [2.45, 2.75) is 32.7 Å². The minimum atomic E-state index is -0.980. The summed E-state index contributed by atoms with van der Waals surface area (Å²) in [5, 5.41) is 11.5. The van der Waals surface area contributed by atoms with Crippen molar-refractivity contribution in [3.8, 4) is 0 Å². The average Bonchev–Trinajstić information content (AvgIpc) is 3.26. The zero-order chi connectivity index (χ0) is 14.8. The van der Waals surface area contributed by atoms with E-state index in [1.807, 2.05) is 0 Å². The minimum absolute atomic E-state index is 0.00350. The molecule has 2 N–H and O–H groups in total. The third kappa shape index (κ3) is 2.71. The van der Waals surface area contributed by atoms with Gasteiger partial charge in [0, 0.05) is 13.0 Å². The molecule has 5 nitrogen and oxygen atoms in total. The molecule has 0 unspecified atom stereocenters. The van der Waals surface area contributed by atoms with Crippen LogP contribution in [0.3, 0.4) is 0 Å². The SMILES string of the molecule is CCC(=O)C1(C(=O)NCc2ccc(C(=O)O)cc2)CC1. The summed E-state index contributed by atoms with van der Waals surface area (Å²) in [7, 11) is 0. The van der Waals surface area contributed by atoms with Gasteiger partial charge in [-0.1, -0.05) is 19.1 Å². The number of aromatic carboxylic acids is 1. The van der Waals surface area contributed by atoms with Gasteiger partial charge in [-0.3, -0.25) is 9.59 Å². The molecule has 1 aliphatic rings. The Morgan fingerprint density at radius 1 is 1.20 bits per heavy atom. The van der Waals surface area contributed by atoms with Gasteiger partial charge in [0.25, 0.3) is 0 Å². The predicted octanol–water partition coefficient (Wildman–Crippen LogP) is 1.76. The van der Waals surface area contributed by atoms with Crippen LogP contribution in [0.4, 0.5) is 0 Å². The highest BCUT2D eigenvalue weighted by atomic mass is 16.4. The number of hydrogen-bond donors (Lipinski definition) is 2. The summed E-state index contributed by atoms with van der Waals surface area (Å²) in [4.78, 5) is 34.5. The van der Waals surface area contributed by atoms with Crippen molar-refractivity contribution in [1.29, 1.82) is 0 Å². The zero-order valence-electron chi connectivity index (χ0n) is 11.3. The van der Waals surface area contributed by atoms with Gasteiger partial charge in [-0.15, -0.1) is 0 Å². The largest absolute Gasteiger partial charge is 0.478 e. The lowest BCUT2D eigenvalue weighted by Gasteiger charge is -2.13. The van der Waals surface area contributed by atoms with E-state index in [4.69, 9.17) is 5.11 Å². The number of nitrogens with one attached hydrogen (secondary N) is 1. The predicted molar refractivity (Wildman–Crippen MR) is 72.2 cm³/mol. The second-order valence-corrected chi connectivity index (χ2v) is 5.04. The fraction of sp³-hybridized carbons (Fsp3) is 0.400. The number of ketones is 1.